The van der Waals surface area contributed by atoms with Crippen LogP contribution in [0.2, 0.25) is 0 Å². The Hall–Kier alpha value is -1.64. The average molecular weight is 215 g/mol. The summed E-state index contributed by atoms with van der Waals surface area (Å²) in [4.78, 5) is 23.1. The maximum Gasteiger partial charge on any atom is 0.233 e. The van der Waals surface area contributed by atoms with E-state index in [1.54, 1.807) is 0 Å². The van der Waals surface area contributed by atoms with E-state index in [-0.39, 0.29) is 11.8 Å². The molecule has 3 rings (SSSR count). The molecule has 1 aliphatic heterocycles. The number of benzene rings is 1. The maximum atomic E-state index is 11.8. The van der Waals surface area contributed by atoms with E-state index in [1.807, 2.05) is 6.92 Å². The van der Waals surface area contributed by atoms with Crippen molar-refractivity contribution in [3.8, 4) is 0 Å². The molecule has 1 fully saturated rings. The number of imide groups is 1. The molecule has 2 aliphatic rings. The maximum absolute atomic E-state index is 11.8. The third-order valence-corrected chi connectivity index (χ3v) is 3.65. The van der Waals surface area contributed by atoms with Crippen LogP contribution in [-0.2, 0) is 22.4 Å². The van der Waals surface area contributed by atoms with E-state index in [0.29, 0.717) is 19.3 Å². The van der Waals surface area contributed by atoms with Gasteiger partial charge in [0, 0.05) is 6.42 Å². The predicted octanol–water partition coefficient (Wildman–Crippen LogP) is 1.13. The van der Waals surface area contributed by atoms with Crippen molar-refractivity contribution < 1.29 is 9.59 Å². The highest BCUT2D eigenvalue weighted by Gasteiger charge is 2.50. The van der Waals surface area contributed by atoms with Gasteiger partial charge in [-0.25, -0.2) is 0 Å². The number of nitrogens with one attached hydrogen (secondary N) is 1. The highest BCUT2D eigenvalue weighted by Crippen LogP contribution is 2.42. The lowest BCUT2D eigenvalue weighted by Crippen LogP contribution is -2.32. The zero-order valence-electron chi connectivity index (χ0n) is 9.17. The van der Waals surface area contributed by atoms with Crippen LogP contribution in [0.4, 0.5) is 0 Å². The minimum Gasteiger partial charge on any atom is -0.296 e. The fourth-order valence-corrected chi connectivity index (χ4v) is 2.86. The number of aryl methyl sites for hydroxylation is 1. The monoisotopic (exact) mass is 215 g/mol. The summed E-state index contributed by atoms with van der Waals surface area (Å²) in [5.41, 5.74) is 3.17. The van der Waals surface area contributed by atoms with Crippen molar-refractivity contribution in [2.45, 2.75) is 26.2 Å². The molecule has 2 amide bonds. The van der Waals surface area contributed by atoms with Crippen LogP contribution in [0.1, 0.15) is 23.1 Å². The van der Waals surface area contributed by atoms with Crippen LogP contribution in [0, 0.1) is 12.3 Å². The van der Waals surface area contributed by atoms with Crippen LogP contribution in [0.3, 0.4) is 0 Å². The lowest BCUT2D eigenvalue weighted by atomic mass is 9.83. The first kappa shape index (κ1) is 9.58. The molecule has 1 heterocycles. The van der Waals surface area contributed by atoms with Crippen molar-refractivity contribution in [2.75, 3.05) is 0 Å². The van der Waals surface area contributed by atoms with E-state index in [1.165, 1.54) is 16.7 Å². The predicted molar refractivity (Wildman–Crippen MR) is 58.8 cm³/mol. The quantitative estimate of drug-likeness (QED) is 0.659. The summed E-state index contributed by atoms with van der Waals surface area (Å²) in [6.45, 7) is 2.05. The standard InChI is InChI=1S/C13H13NO2/c1-8-2-3-9-5-13(6-10(9)4-8)7-11(15)14-12(13)16/h2-4H,5-7H2,1H3,(H,14,15,16). The van der Waals surface area contributed by atoms with Gasteiger partial charge in [-0.2, -0.15) is 0 Å². The van der Waals surface area contributed by atoms with E-state index in [0.717, 1.165) is 0 Å². The molecule has 1 aromatic rings. The van der Waals surface area contributed by atoms with E-state index < -0.39 is 5.41 Å². The molecule has 1 aromatic carbocycles. The molecule has 0 bridgehead atoms. The molecule has 1 aliphatic carbocycles. The number of hydrogen-bond acceptors (Lipinski definition) is 2. The van der Waals surface area contributed by atoms with Crippen LogP contribution in [0.15, 0.2) is 18.2 Å². The summed E-state index contributed by atoms with van der Waals surface area (Å²) >= 11 is 0. The smallest absolute Gasteiger partial charge is 0.233 e. The SMILES string of the molecule is Cc1ccc2c(c1)CC1(CC(=O)NC1=O)C2. The molecule has 3 heteroatoms. The van der Waals surface area contributed by atoms with Gasteiger partial charge >= 0.3 is 0 Å². The molecule has 1 atom stereocenters. The second-order valence-electron chi connectivity index (χ2n) is 4.96. The Morgan fingerprint density at radius 1 is 1.12 bits per heavy atom. The van der Waals surface area contributed by atoms with Crippen molar-refractivity contribution >= 4 is 11.8 Å². The second kappa shape index (κ2) is 2.94. The average Bonchev–Trinajstić information content (AvgIpc) is 2.67. The first-order chi connectivity index (χ1) is 7.59. The first-order valence-corrected chi connectivity index (χ1v) is 5.52. The first-order valence-electron chi connectivity index (χ1n) is 5.52. The molecule has 0 saturated carbocycles. The van der Waals surface area contributed by atoms with Crippen LogP contribution in [-0.4, -0.2) is 11.8 Å². The molecule has 1 saturated heterocycles. The second-order valence-corrected chi connectivity index (χ2v) is 4.96. The molecular weight excluding hydrogens is 202 g/mol. The van der Waals surface area contributed by atoms with Gasteiger partial charge in [-0.05, 0) is 30.9 Å². The molecule has 1 unspecified atom stereocenters. The summed E-state index contributed by atoms with van der Waals surface area (Å²) in [5.74, 6) is -0.221. The highest BCUT2D eigenvalue weighted by atomic mass is 16.2. The number of rotatable bonds is 0. The minimum absolute atomic E-state index is 0.0913. The highest BCUT2D eigenvalue weighted by molar-refractivity contribution is 6.06. The normalized spacial score (nSPS) is 27.3. The van der Waals surface area contributed by atoms with Gasteiger partial charge in [0.05, 0.1) is 5.41 Å². The van der Waals surface area contributed by atoms with E-state index in [4.69, 9.17) is 0 Å². The Balaban J connectivity index is 2.01. The van der Waals surface area contributed by atoms with Crippen molar-refractivity contribution in [3.05, 3.63) is 34.9 Å². The van der Waals surface area contributed by atoms with Gasteiger partial charge in [-0.1, -0.05) is 23.8 Å². The van der Waals surface area contributed by atoms with Gasteiger partial charge in [-0.15, -0.1) is 0 Å². The lowest BCUT2D eigenvalue weighted by Gasteiger charge is -2.16. The van der Waals surface area contributed by atoms with Gasteiger partial charge in [0.25, 0.3) is 0 Å². The number of carbonyl (C=O) groups excluding carboxylic acids is 2. The van der Waals surface area contributed by atoms with Crippen LogP contribution in [0.5, 0.6) is 0 Å². The topological polar surface area (TPSA) is 46.2 Å². The summed E-state index contributed by atoms with van der Waals surface area (Å²) in [5, 5.41) is 2.42. The summed E-state index contributed by atoms with van der Waals surface area (Å²) < 4.78 is 0. The van der Waals surface area contributed by atoms with Crippen molar-refractivity contribution in [1.29, 1.82) is 0 Å². The zero-order valence-corrected chi connectivity index (χ0v) is 9.17. The summed E-state index contributed by atoms with van der Waals surface area (Å²) in [6.07, 6.45) is 1.77. The molecule has 82 valence electrons. The number of hydrogen-bond donors (Lipinski definition) is 1. The van der Waals surface area contributed by atoms with Gasteiger partial charge in [0.1, 0.15) is 0 Å². The minimum atomic E-state index is -0.479. The molecule has 1 N–H and O–H groups in total. The van der Waals surface area contributed by atoms with Gasteiger partial charge < -0.3 is 0 Å². The van der Waals surface area contributed by atoms with E-state index in [2.05, 4.69) is 23.5 Å². The van der Waals surface area contributed by atoms with Gasteiger partial charge in [0.2, 0.25) is 11.8 Å². The summed E-state index contributed by atoms with van der Waals surface area (Å²) in [6, 6.07) is 6.27. The van der Waals surface area contributed by atoms with Crippen molar-refractivity contribution in [1.82, 2.24) is 5.32 Å². The Kier molecular flexibility index (Phi) is 1.76. The third-order valence-electron chi connectivity index (χ3n) is 3.65. The van der Waals surface area contributed by atoms with Gasteiger partial charge in [0.15, 0.2) is 0 Å². The third kappa shape index (κ3) is 1.21. The van der Waals surface area contributed by atoms with Crippen LogP contribution in [0.25, 0.3) is 0 Å². The molecule has 0 radical (unpaired) electrons. The molecule has 3 nitrogen and oxygen atoms in total. The lowest BCUT2D eigenvalue weighted by molar-refractivity contribution is -0.128. The van der Waals surface area contributed by atoms with Crippen molar-refractivity contribution in [3.63, 3.8) is 0 Å². The van der Waals surface area contributed by atoms with E-state index >= 15 is 0 Å². The zero-order chi connectivity index (χ0) is 11.3. The number of carbonyl (C=O) groups is 2. The molecule has 1 spiro atoms. The largest absolute Gasteiger partial charge is 0.296 e. The van der Waals surface area contributed by atoms with Gasteiger partial charge in [-0.3, -0.25) is 14.9 Å². The number of amides is 2. The molecule has 16 heavy (non-hydrogen) atoms. The molecule has 0 aromatic heterocycles. The Morgan fingerprint density at radius 2 is 1.88 bits per heavy atom. The van der Waals surface area contributed by atoms with Crippen LogP contribution < -0.4 is 5.32 Å². The number of fused-ring (bicyclic) bond motifs is 1. The Bertz CT molecular complexity index is 507. The fraction of sp³-hybridized carbons (Fsp3) is 0.385. The fourth-order valence-electron chi connectivity index (χ4n) is 2.86. The van der Waals surface area contributed by atoms with E-state index in [9.17, 15) is 9.59 Å². The Morgan fingerprint density at radius 3 is 2.56 bits per heavy atom. The van der Waals surface area contributed by atoms with Crippen molar-refractivity contribution in [2.24, 2.45) is 5.41 Å². The van der Waals surface area contributed by atoms with Crippen LogP contribution >= 0.6 is 0 Å². The Labute approximate surface area is 93.8 Å². The summed E-state index contributed by atoms with van der Waals surface area (Å²) in [7, 11) is 0. The molecular formula is C13H13NO2.